The van der Waals surface area contributed by atoms with Crippen molar-refractivity contribution in [1.82, 2.24) is 0 Å². The van der Waals surface area contributed by atoms with Gasteiger partial charge in [-0.25, -0.2) is 4.79 Å². The molecule has 1 fully saturated rings. The fraction of sp³-hybridized carbons (Fsp3) is 0.333. The number of ether oxygens (including phenoxy) is 3. The standard InChI is InChI=1S/C21H21ClN2O5/c1-27-21(26)16-12-15(24-6-8-28-9-7-24)3-4-17(16)23-20(25)19-11-13-10-14(22)2-5-18(13)29-19/h2-5,10,12,19H,6-9,11H2,1H3,(H,23,25)/t19-/m1/s1. The summed E-state index contributed by atoms with van der Waals surface area (Å²) in [6.07, 6.45) is -0.269. The molecule has 2 heterocycles. The van der Waals surface area contributed by atoms with Crippen LogP contribution in [0.5, 0.6) is 5.75 Å². The van der Waals surface area contributed by atoms with E-state index >= 15 is 0 Å². The van der Waals surface area contributed by atoms with Crippen LogP contribution in [0, 0.1) is 0 Å². The molecule has 0 saturated carbocycles. The quantitative estimate of drug-likeness (QED) is 0.772. The molecular weight excluding hydrogens is 396 g/mol. The first-order valence-electron chi connectivity index (χ1n) is 9.36. The molecule has 0 unspecified atom stereocenters. The van der Waals surface area contributed by atoms with Crippen LogP contribution in [0.2, 0.25) is 5.02 Å². The van der Waals surface area contributed by atoms with Crippen molar-refractivity contribution >= 4 is 34.9 Å². The molecule has 1 atom stereocenters. The highest BCUT2D eigenvalue weighted by atomic mass is 35.5. The third kappa shape index (κ3) is 4.16. The number of carbonyl (C=O) groups is 2. The Hall–Kier alpha value is -2.77. The Kier molecular flexibility index (Phi) is 5.60. The van der Waals surface area contributed by atoms with Crippen LogP contribution in [0.15, 0.2) is 36.4 Å². The number of anilines is 2. The van der Waals surface area contributed by atoms with Crippen molar-refractivity contribution < 1.29 is 23.8 Å². The molecule has 2 aliphatic heterocycles. The summed E-state index contributed by atoms with van der Waals surface area (Å²) in [6.45, 7) is 2.75. The maximum atomic E-state index is 12.8. The number of benzene rings is 2. The summed E-state index contributed by atoms with van der Waals surface area (Å²) in [6, 6.07) is 10.6. The van der Waals surface area contributed by atoms with Crippen molar-refractivity contribution in [3.8, 4) is 5.75 Å². The van der Waals surface area contributed by atoms with Gasteiger partial charge in [-0.2, -0.15) is 0 Å². The van der Waals surface area contributed by atoms with Crippen LogP contribution < -0.4 is 15.0 Å². The van der Waals surface area contributed by atoms with Gasteiger partial charge in [0, 0.05) is 30.2 Å². The summed E-state index contributed by atoms with van der Waals surface area (Å²) in [5.41, 5.74) is 2.44. The normalized spacial score (nSPS) is 18.0. The highest BCUT2D eigenvalue weighted by Gasteiger charge is 2.30. The lowest BCUT2D eigenvalue weighted by Crippen LogP contribution is -2.36. The van der Waals surface area contributed by atoms with Gasteiger partial charge in [-0.1, -0.05) is 11.6 Å². The monoisotopic (exact) mass is 416 g/mol. The fourth-order valence-corrected chi connectivity index (χ4v) is 3.71. The highest BCUT2D eigenvalue weighted by molar-refractivity contribution is 6.30. The van der Waals surface area contributed by atoms with E-state index in [-0.39, 0.29) is 5.91 Å². The molecule has 0 bridgehead atoms. The number of carbonyl (C=O) groups excluding carboxylic acids is 2. The van der Waals surface area contributed by atoms with Gasteiger partial charge in [0.15, 0.2) is 6.10 Å². The SMILES string of the molecule is COC(=O)c1cc(N2CCOCC2)ccc1NC(=O)[C@H]1Cc2cc(Cl)ccc2O1. The lowest BCUT2D eigenvalue weighted by molar-refractivity contribution is -0.122. The summed E-state index contributed by atoms with van der Waals surface area (Å²) in [7, 11) is 1.32. The van der Waals surface area contributed by atoms with Crippen molar-refractivity contribution in [2.24, 2.45) is 0 Å². The molecule has 0 spiro atoms. The molecular formula is C21H21ClN2O5. The molecule has 1 N–H and O–H groups in total. The zero-order chi connectivity index (χ0) is 20.4. The van der Waals surface area contributed by atoms with E-state index in [1.807, 2.05) is 6.07 Å². The van der Waals surface area contributed by atoms with E-state index in [2.05, 4.69) is 10.2 Å². The number of hydrogen-bond acceptors (Lipinski definition) is 6. The Morgan fingerprint density at radius 1 is 1.17 bits per heavy atom. The molecule has 1 amide bonds. The lowest BCUT2D eigenvalue weighted by atomic mass is 10.1. The molecule has 8 heteroatoms. The summed E-state index contributed by atoms with van der Waals surface area (Å²) in [4.78, 5) is 27.2. The van der Waals surface area contributed by atoms with Gasteiger partial charge >= 0.3 is 5.97 Å². The Morgan fingerprint density at radius 2 is 1.97 bits per heavy atom. The van der Waals surface area contributed by atoms with Crippen molar-refractivity contribution in [2.75, 3.05) is 43.6 Å². The van der Waals surface area contributed by atoms with Gasteiger partial charge in [0.2, 0.25) is 0 Å². The third-order valence-electron chi connectivity index (χ3n) is 5.03. The summed E-state index contributed by atoms with van der Waals surface area (Å²) < 4.78 is 16.0. The number of rotatable bonds is 4. The van der Waals surface area contributed by atoms with E-state index in [0.29, 0.717) is 41.7 Å². The molecule has 0 aromatic heterocycles. The fourth-order valence-electron chi connectivity index (χ4n) is 3.51. The molecule has 1 saturated heterocycles. The van der Waals surface area contributed by atoms with E-state index in [1.54, 1.807) is 30.3 Å². The summed E-state index contributed by atoms with van der Waals surface area (Å²) >= 11 is 6.01. The second kappa shape index (κ2) is 8.31. The van der Waals surface area contributed by atoms with E-state index < -0.39 is 12.1 Å². The minimum absolute atomic E-state index is 0.295. The van der Waals surface area contributed by atoms with Crippen LogP contribution in [0.25, 0.3) is 0 Å². The van der Waals surface area contributed by atoms with Gasteiger partial charge in [-0.05, 0) is 42.0 Å². The van der Waals surface area contributed by atoms with Gasteiger partial charge in [-0.3, -0.25) is 4.79 Å². The topological polar surface area (TPSA) is 77.1 Å². The number of methoxy groups -OCH3 is 1. The smallest absolute Gasteiger partial charge is 0.340 e. The first-order valence-corrected chi connectivity index (χ1v) is 9.74. The number of nitrogens with zero attached hydrogens (tertiary/aromatic N) is 1. The Labute approximate surface area is 173 Å². The van der Waals surface area contributed by atoms with Crippen LogP contribution in [-0.4, -0.2) is 51.4 Å². The Morgan fingerprint density at radius 3 is 2.72 bits per heavy atom. The number of hydrogen-bond donors (Lipinski definition) is 1. The summed E-state index contributed by atoms with van der Waals surface area (Å²) in [5, 5.41) is 3.40. The minimum Gasteiger partial charge on any atom is -0.480 e. The predicted octanol–water partition coefficient (Wildman–Crippen LogP) is 2.91. The largest absolute Gasteiger partial charge is 0.480 e. The number of fused-ring (bicyclic) bond motifs is 1. The number of nitrogens with one attached hydrogen (secondary N) is 1. The van der Waals surface area contributed by atoms with Gasteiger partial charge in [0.25, 0.3) is 5.91 Å². The predicted molar refractivity (Wildman–Crippen MR) is 109 cm³/mol. The van der Waals surface area contributed by atoms with Crippen LogP contribution in [0.3, 0.4) is 0 Å². The van der Waals surface area contributed by atoms with Gasteiger partial charge in [-0.15, -0.1) is 0 Å². The molecule has 2 aromatic rings. The molecule has 0 radical (unpaired) electrons. The zero-order valence-corrected chi connectivity index (χ0v) is 16.7. The van der Waals surface area contributed by atoms with Crippen LogP contribution in [-0.2, 0) is 20.7 Å². The Balaban J connectivity index is 1.53. The van der Waals surface area contributed by atoms with Crippen molar-refractivity contribution in [3.05, 3.63) is 52.5 Å². The molecule has 29 heavy (non-hydrogen) atoms. The second-order valence-electron chi connectivity index (χ2n) is 6.87. The van der Waals surface area contributed by atoms with E-state index in [9.17, 15) is 9.59 Å². The van der Waals surface area contributed by atoms with Gasteiger partial charge < -0.3 is 24.4 Å². The summed E-state index contributed by atoms with van der Waals surface area (Å²) in [5.74, 6) is -0.204. The number of halogens is 1. The maximum absolute atomic E-state index is 12.8. The highest BCUT2D eigenvalue weighted by Crippen LogP contribution is 2.32. The number of morpholine rings is 1. The minimum atomic E-state index is -0.687. The molecule has 0 aliphatic carbocycles. The maximum Gasteiger partial charge on any atom is 0.340 e. The molecule has 7 nitrogen and oxygen atoms in total. The third-order valence-corrected chi connectivity index (χ3v) is 5.27. The first-order chi connectivity index (χ1) is 14.0. The van der Waals surface area contributed by atoms with E-state index in [4.69, 9.17) is 25.8 Å². The molecule has 2 aromatic carbocycles. The molecule has 152 valence electrons. The lowest BCUT2D eigenvalue weighted by Gasteiger charge is -2.29. The van der Waals surface area contributed by atoms with Crippen LogP contribution >= 0.6 is 11.6 Å². The van der Waals surface area contributed by atoms with Gasteiger partial charge in [0.1, 0.15) is 5.75 Å². The van der Waals surface area contributed by atoms with Crippen LogP contribution in [0.1, 0.15) is 15.9 Å². The van der Waals surface area contributed by atoms with Crippen molar-refractivity contribution in [2.45, 2.75) is 12.5 Å². The molecule has 2 aliphatic rings. The zero-order valence-electron chi connectivity index (χ0n) is 15.9. The number of amides is 1. The first kappa shape index (κ1) is 19.5. The second-order valence-corrected chi connectivity index (χ2v) is 7.31. The average molecular weight is 417 g/mol. The number of esters is 1. The van der Waals surface area contributed by atoms with Crippen molar-refractivity contribution in [1.29, 1.82) is 0 Å². The van der Waals surface area contributed by atoms with Crippen molar-refractivity contribution in [3.63, 3.8) is 0 Å². The average Bonchev–Trinajstić information content (AvgIpc) is 3.17. The van der Waals surface area contributed by atoms with Gasteiger partial charge in [0.05, 0.1) is 31.6 Å². The van der Waals surface area contributed by atoms with E-state index in [1.165, 1.54) is 7.11 Å². The van der Waals surface area contributed by atoms with E-state index in [0.717, 1.165) is 24.3 Å². The Bertz CT molecular complexity index is 943. The molecule has 4 rings (SSSR count). The van der Waals surface area contributed by atoms with Crippen LogP contribution in [0.4, 0.5) is 11.4 Å².